The van der Waals surface area contributed by atoms with E-state index in [0.717, 1.165) is 171 Å². The van der Waals surface area contributed by atoms with E-state index in [-0.39, 0.29) is 90.5 Å². The summed E-state index contributed by atoms with van der Waals surface area (Å²) in [5, 5.41) is 19.8. The van der Waals surface area contributed by atoms with Crippen LogP contribution in [0.15, 0.2) is 60.7 Å². The van der Waals surface area contributed by atoms with Crippen LogP contribution in [-0.2, 0) is 85.3 Å². The van der Waals surface area contributed by atoms with E-state index < -0.39 is 88.1 Å². The van der Waals surface area contributed by atoms with Gasteiger partial charge >= 0.3 is 41.5 Å². The van der Waals surface area contributed by atoms with Crippen LogP contribution < -0.4 is 15.2 Å². The number of nitrogen functional groups attached to an aromatic ring is 1. The fourth-order valence-corrected chi connectivity index (χ4v) is 16.1. The Morgan fingerprint density at radius 2 is 0.862 bits per heavy atom. The minimum absolute atomic E-state index is 0.000586. The monoisotopic (exact) mass is 1630 g/mol. The molecule has 0 aromatic heterocycles. The molecule has 0 spiro atoms. The number of sulfonamides is 2. The summed E-state index contributed by atoms with van der Waals surface area (Å²) in [6, 6.07) is 13.9. The number of hydrogen-bond donors (Lipinski definition) is 4. The lowest BCUT2D eigenvalue weighted by molar-refractivity contribution is -0.387. The zero-order chi connectivity index (χ0) is 81.0. The molecule has 109 heavy (non-hydrogen) atoms. The number of nitrogens with one attached hydrogen (secondary N) is 2. The zero-order valence-corrected chi connectivity index (χ0v) is 67.4. The number of carboxylic acid groups (broad SMARTS) is 1. The van der Waals surface area contributed by atoms with E-state index in [1.54, 1.807) is 39.8 Å². The van der Waals surface area contributed by atoms with Gasteiger partial charge in [-0.15, -0.1) is 11.6 Å². The van der Waals surface area contributed by atoms with E-state index >= 15 is 4.39 Å². The number of nitrogens with zero attached hydrogens (tertiary/aromatic N) is 1. The summed E-state index contributed by atoms with van der Waals surface area (Å²) < 4.78 is 131. The lowest BCUT2D eigenvalue weighted by Crippen LogP contribution is -2.28. The van der Waals surface area contributed by atoms with Gasteiger partial charge in [-0.05, 0) is 192 Å². The van der Waals surface area contributed by atoms with E-state index in [1.165, 1.54) is 56.0 Å². The first-order valence-corrected chi connectivity index (χ1v) is 42.8. The molecule has 0 aliphatic heterocycles. The lowest BCUT2D eigenvalue weighted by atomic mass is 9.77. The van der Waals surface area contributed by atoms with Crippen LogP contribution in [0.3, 0.4) is 0 Å². The second-order valence-electron chi connectivity index (χ2n) is 27.6. The zero-order valence-electron chi connectivity index (χ0n) is 63.5. The van der Waals surface area contributed by atoms with Crippen molar-refractivity contribution in [2.75, 3.05) is 60.7 Å². The van der Waals surface area contributed by atoms with Crippen LogP contribution in [0.5, 0.6) is 0 Å². The van der Waals surface area contributed by atoms with Gasteiger partial charge in [-0.1, -0.05) is 144 Å². The number of nitro benzene ring substituents is 1. The fourth-order valence-electron chi connectivity index (χ4n) is 14.6. The quantitative estimate of drug-likeness (QED) is 0.00911. The van der Waals surface area contributed by atoms with E-state index in [4.69, 9.17) is 59.5 Å². The number of anilines is 3. The van der Waals surface area contributed by atoms with Crippen molar-refractivity contribution in [2.24, 2.45) is 17.8 Å². The third-order valence-corrected chi connectivity index (χ3v) is 21.5. The van der Waals surface area contributed by atoms with Crippen LogP contribution in [0.1, 0.15) is 252 Å². The molecule has 0 radical (unpaired) electrons. The molecule has 5 fully saturated rings. The second-order valence-corrected chi connectivity index (χ2v) is 32.6. The number of nitro groups is 1. The van der Waals surface area contributed by atoms with Gasteiger partial charge in [0.05, 0.1) is 92.2 Å². The first kappa shape index (κ1) is 94.4. The molecule has 4 aromatic rings. The Hall–Kier alpha value is -7.01. The molecule has 0 heterocycles. The number of ether oxygens (including phenoxy) is 5. The summed E-state index contributed by atoms with van der Waals surface area (Å²) in [5.41, 5.74) is 8.30. The lowest BCUT2D eigenvalue weighted by Gasteiger charge is -2.29. The van der Waals surface area contributed by atoms with Crippen LogP contribution in [0.25, 0.3) is 0 Å². The standard InChI is InChI=1S/C17H24FNO4S.C16H20FNO4.C16H22FNO2.C15H20FNO4S.C10H17ClO2.C4H6Cl2O2/c1-3-23-15(20)11-13-9-10-14(19-24(2,21)22)17(18)16(13)12-7-5-4-6-8-12;1-2-22-16(19)15(11-6-4-3-5-7-11)12-8-9-14(18(20)21)13(17)10-12;1-2-20-14(19)10-12-8-9-13(18)16(17)15(12)11-6-4-3-5-7-11;1-22(20,21)17-13-8-7-11(9-12(13)16)14(15(18)19)10-5-3-2-4-6-10;1-2-13-10(12)9(11)8-6-4-3-5-7-8;1-2-8-4(7)3(5)6/h9-10,12,19H,3-8,11H2,1-2H3;8-11,15H,2-7H2,1H3;8-9,11H,2-7,10,18H2,1H3;7-10,14,17H,2-6H2,1H3,(H,18,19);8-9H,2-7H2,1H3;3H,2H2,1H3. The predicted octanol–water partition coefficient (Wildman–Crippen LogP) is 17.9. The third kappa shape index (κ3) is 32.7. The van der Waals surface area contributed by atoms with Gasteiger partial charge in [-0.3, -0.25) is 43.5 Å². The Morgan fingerprint density at radius 1 is 0.495 bits per heavy atom. The fraction of sp³-hybridized carbons (Fsp3) is 0.615. The molecule has 3 atom stereocenters. The highest BCUT2D eigenvalue weighted by molar-refractivity contribution is 7.92. The molecule has 5 aliphatic carbocycles. The number of carbonyl (C=O) groups is 6. The first-order chi connectivity index (χ1) is 51.7. The summed E-state index contributed by atoms with van der Waals surface area (Å²) in [6.07, 6.45) is 27.8. The van der Waals surface area contributed by atoms with Gasteiger partial charge in [0.1, 0.15) is 17.0 Å². The van der Waals surface area contributed by atoms with Gasteiger partial charge in [0.2, 0.25) is 30.7 Å². The third-order valence-electron chi connectivity index (χ3n) is 19.4. The van der Waals surface area contributed by atoms with Gasteiger partial charge in [0, 0.05) is 6.07 Å². The molecule has 22 nitrogen and oxygen atoms in total. The van der Waals surface area contributed by atoms with E-state index in [9.17, 15) is 74.0 Å². The Morgan fingerprint density at radius 3 is 1.27 bits per heavy atom. The maximum atomic E-state index is 15.0. The number of halogens is 7. The molecule has 610 valence electrons. The van der Waals surface area contributed by atoms with Gasteiger partial charge in [0.15, 0.2) is 5.82 Å². The van der Waals surface area contributed by atoms with Crippen LogP contribution in [0.2, 0.25) is 0 Å². The maximum Gasteiger partial charge on any atom is 0.339 e. The van der Waals surface area contributed by atoms with Crippen LogP contribution in [-0.4, -0.2) is 118 Å². The molecule has 5 aliphatic rings. The molecule has 3 unspecified atom stereocenters. The summed E-state index contributed by atoms with van der Waals surface area (Å²) in [4.78, 5) is 77.8. The summed E-state index contributed by atoms with van der Waals surface area (Å²) >= 11 is 16.2. The molecule has 0 bridgehead atoms. The van der Waals surface area contributed by atoms with Crippen molar-refractivity contribution in [3.63, 3.8) is 0 Å². The highest BCUT2D eigenvalue weighted by Crippen LogP contribution is 2.43. The van der Waals surface area contributed by atoms with Crippen molar-refractivity contribution in [1.29, 1.82) is 0 Å². The molecule has 5 N–H and O–H groups in total. The number of rotatable bonds is 25. The van der Waals surface area contributed by atoms with Crippen molar-refractivity contribution in [1.82, 2.24) is 0 Å². The van der Waals surface area contributed by atoms with Crippen molar-refractivity contribution < 1.29 is 96.9 Å². The minimum Gasteiger partial charge on any atom is -0.481 e. The molecule has 0 amide bonds. The number of carbonyl (C=O) groups excluding carboxylic acids is 5. The number of nitrogens with two attached hydrogens (primary N) is 1. The normalized spacial score (nSPS) is 16.7. The molecular formula is C78H109Cl3F4N4O18S2. The van der Waals surface area contributed by atoms with Crippen LogP contribution in [0.4, 0.5) is 40.3 Å². The number of aliphatic carboxylic acids is 1. The second kappa shape index (κ2) is 48.7. The Bertz CT molecular complexity index is 3810. The summed E-state index contributed by atoms with van der Waals surface area (Å²) in [5.74, 6) is -6.14. The molecule has 4 aromatic carbocycles. The van der Waals surface area contributed by atoms with E-state index in [2.05, 4.69) is 14.2 Å². The van der Waals surface area contributed by atoms with Gasteiger partial charge < -0.3 is 34.5 Å². The average Bonchev–Trinajstić information content (AvgIpc) is 0.805. The molecule has 9 rings (SSSR count). The topological polar surface area (TPSA) is 330 Å². The van der Waals surface area contributed by atoms with Crippen molar-refractivity contribution in [3.05, 3.63) is 127 Å². The molecule has 0 saturated heterocycles. The Balaban J connectivity index is 0.000000283. The molecule has 31 heteroatoms. The van der Waals surface area contributed by atoms with Gasteiger partial charge in [-0.2, -0.15) is 4.39 Å². The molecular weight excluding hydrogens is 1530 g/mol. The number of benzene rings is 4. The Kier molecular flexibility index (Phi) is 42.2. The number of carboxylic acids is 1. The highest BCUT2D eigenvalue weighted by Gasteiger charge is 2.36. The maximum absolute atomic E-state index is 15.0. The predicted molar refractivity (Wildman–Crippen MR) is 414 cm³/mol. The van der Waals surface area contributed by atoms with E-state index in [1.807, 2.05) is 6.92 Å². The summed E-state index contributed by atoms with van der Waals surface area (Å²) in [6.45, 7) is 10.3. The number of hydrogen-bond acceptors (Lipinski definition) is 18. The van der Waals surface area contributed by atoms with Crippen LogP contribution >= 0.6 is 34.8 Å². The van der Waals surface area contributed by atoms with Crippen LogP contribution in [0, 0.1) is 51.1 Å². The minimum atomic E-state index is -3.58. The van der Waals surface area contributed by atoms with Crippen molar-refractivity contribution >= 4 is 113 Å². The SMILES string of the molecule is CCOC(=O)C(Cl)C1CCCCC1.CCOC(=O)C(Cl)Cl.CCOC(=O)C(c1ccc([N+](=O)[O-])c(F)c1)C1CCCCC1.CCOC(=O)Cc1ccc(N)c(F)c1C1CCCCC1.CCOC(=O)Cc1ccc(NS(C)(=O)=O)c(F)c1C1CCCCC1.CS(=O)(=O)Nc1ccc(C(C(=O)O)C2CCCCC2)cc1F. The number of alkyl halides is 3. The summed E-state index contributed by atoms with van der Waals surface area (Å²) in [7, 11) is -7.15. The van der Waals surface area contributed by atoms with Crippen molar-refractivity contribution in [3.8, 4) is 0 Å². The van der Waals surface area contributed by atoms with Crippen molar-refractivity contribution in [2.45, 2.75) is 242 Å². The largest absolute Gasteiger partial charge is 0.481 e. The van der Waals surface area contributed by atoms with Gasteiger partial charge in [0.25, 0.3) is 0 Å². The number of esters is 5. The highest BCUT2D eigenvalue weighted by atomic mass is 35.5. The average molecular weight is 1640 g/mol. The molecule has 5 saturated carbocycles. The van der Waals surface area contributed by atoms with Gasteiger partial charge in [-0.25, -0.2) is 34.8 Å². The Labute approximate surface area is 654 Å². The van der Waals surface area contributed by atoms with E-state index in [0.29, 0.717) is 53.6 Å². The smallest absolute Gasteiger partial charge is 0.339 e. The first-order valence-electron chi connectivity index (χ1n) is 37.7.